The minimum Gasteiger partial charge on any atom is -0.363 e. The van der Waals surface area contributed by atoms with Gasteiger partial charge < -0.3 is 9.88 Å². The Balaban J connectivity index is 0.00000144. The second kappa shape index (κ2) is 5.77. The van der Waals surface area contributed by atoms with E-state index >= 15 is 0 Å². The molecule has 1 N–H and O–H groups in total. The van der Waals surface area contributed by atoms with Gasteiger partial charge in [0.1, 0.15) is 0 Å². The summed E-state index contributed by atoms with van der Waals surface area (Å²) in [6.07, 6.45) is 4.11. The van der Waals surface area contributed by atoms with Crippen molar-refractivity contribution < 1.29 is 0 Å². The number of anilines is 1. The maximum atomic E-state index is 4.45. The first-order chi connectivity index (χ1) is 7.70. The normalized spacial score (nSPS) is 10.1. The predicted molar refractivity (Wildman–Crippen MR) is 72.6 cm³/mol. The molecular formula is C12H19ClN4. The van der Waals surface area contributed by atoms with Crippen molar-refractivity contribution in [2.75, 3.05) is 5.32 Å². The Bertz CT molecular complexity index is 473. The first-order valence-electron chi connectivity index (χ1n) is 5.59. The van der Waals surface area contributed by atoms with Crippen molar-refractivity contribution in [2.24, 2.45) is 7.05 Å². The first-order valence-corrected chi connectivity index (χ1v) is 5.59. The van der Waals surface area contributed by atoms with Crippen molar-refractivity contribution in [3.8, 4) is 0 Å². The fourth-order valence-electron chi connectivity index (χ4n) is 1.71. The molecule has 0 bridgehead atoms. The molecule has 0 saturated heterocycles. The van der Waals surface area contributed by atoms with Crippen LogP contribution in [0.3, 0.4) is 0 Å². The van der Waals surface area contributed by atoms with Crippen LogP contribution >= 0.6 is 12.4 Å². The fourth-order valence-corrected chi connectivity index (χ4v) is 1.71. The van der Waals surface area contributed by atoms with E-state index in [1.54, 1.807) is 0 Å². The van der Waals surface area contributed by atoms with Gasteiger partial charge in [-0.1, -0.05) is 0 Å². The van der Waals surface area contributed by atoms with Crippen LogP contribution in [0.5, 0.6) is 0 Å². The third-order valence-corrected chi connectivity index (χ3v) is 2.76. The minimum atomic E-state index is 0. The lowest BCUT2D eigenvalue weighted by Gasteiger charge is -2.05. The van der Waals surface area contributed by atoms with E-state index in [-0.39, 0.29) is 12.4 Å². The van der Waals surface area contributed by atoms with Gasteiger partial charge in [0.05, 0.1) is 6.54 Å². The van der Waals surface area contributed by atoms with Crippen LogP contribution in [0.25, 0.3) is 0 Å². The van der Waals surface area contributed by atoms with E-state index in [2.05, 4.69) is 60.4 Å². The Hall–Kier alpha value is -1.42. The maximum Gasteiger partial charge on any atom is 0.151 e. The zero-order chi connectivity index (χ0) is 11.5. The van der Waals surface area contributed by atoms with E-state index < -0.39 is 0 Å². The van der Waals surface area contributed by atoms with Gasteiger partial charge in [0.15, 0.2) is 5.82 Å². The van der Waals surface area contributed by atoms with Crippen molar-refractivity contribution in [2.45, 2.75) is 26.9 Å². The summed E-state index contributed by atoms with van der Waals surface area (Å²) < 4.78 is 4.06. The molecule has 0 saturated carbocycles. The molecule has 2 aromatic heterocycles. The van der Waals surface area contributed by atoms with Crippen molar-refractivity contribution in [3.05, 3.63) is 35.8 Å². The van der Waals surface area contributed by atoms with Gasteiger partial charge in [-0.15, -0.1) is 12.4 Å². The summed E-state index contributed by atoms with van der Waals surface area (Å²) in [4.78, 5) is 0. The topological polar surface area (TPSA) is 34.8 Å². The third-order valence-electron chi connectivity index (χ3n) is 2.76. The van der Waals surface area contributed by atoms with Crippen LogP contribution in [0.2, 0.25) is 0 Å². The Labute approximate surface area is 108 Å². The number of aryl methyl sites for hydroxylation is 3. The SMILES string of the molecule is CCn1cc(C)c(NCc2cccn2C)n1.Cl. The number of hydrogen-bond acceptors (Lipinski definition) is 2. The van der Waals surface area contributed by atoms with Crippen LogP contribution < -0.4 is 5.32 Å². The van der Waals surface area contributed by atoms with Gasteiger partial charge in [0.25, 0.3) is 0 Å². The lowest BCUT2D eigenvalue weighted by atomic mass is 10.3. The number of halogens is 1. The van der Waals surface area contributed by atoms with Crippen LogP contribution in [0.15, 0.2) is 24.5 Å². The number of nitrogens with one attached hydrogen (secondary N) is 1. The van der Waals surface area contributed by atoms with Gasteiger partial charge in [-0.05, 0) is 26.0 Å². The highest BCUT2D eigenvalue weighted by Gasteiger charge is 2.04. The van der Waals surface area contributed by atoms with Crippen molar-refractivity contribution in [3.63, 3.8) is 0 Å². The van der Waals surface area contributed by atoms with Crippen LogP contribution in [0.1, 0.15) is 18.2 Å². The van der Waals surface area contributed by atoms with E-state index in [1.165, 1.54) is 11.3 Å². The number of nitrogens with zero attached hydrogens (tertiary/aromatic N) is 3. The van der Waals surface area contributed by atoms with Crippen molar-refractivity contribution in [1.82, 2.24) is 14.3 Å². The summed E-state index contributed by atoms with van der Waals surface area (Å²) in [5.41, 5.74) is 2.45. The van der Waals surface area contributed by atoms with Gasteiger partial charge in [-0.3, -0.25) is 4.68 Å². The summed E-state index contributed by atoms with van der Waals surface area (Å²) in [6, 6.07) is 4.16. The number of aromatic nitrogens is 3. The molecule has 0 atom stereocenters. The van der Waals surface area contributed by atoms with E-state index in [9.17, 15) is 0 Å². The number of hydrogen-bond donors (Lipinski definition) is 1. The van der Waals surface area contributed by atoms with Gasteiger partial charge in [0, 0.05) is 37.2 Å². The van der Waals surface area contributed by atoms with Gasteiger partial charge in [0.2, 0.25) is 0 Å². The predicted octanol–water partition coefficient (Wildman–Crippen LogP) is 2.58. The average molecular weight is 255 g/mol. The quantitative estimate of drug-likeness (QED) is 0.910. The van der Waals surface area contributed by atoms with Crippen LogP contribution in [0, 0.1) is 6.92 Å². The number of rotatable bonds is 4. The molecule has 0 unspecified atom stereocenters. The lowest BCUT2D eigenvalue weighted by Crippen LogP contribution is -2.05. The first kappa shape index (κ1) is 13.6. The minimum absolute atomic E-state index is 0. The monoisotopic (exact) mass is 254 g/mol. The highest BCUT2D eigenvalue weighted by atomic mass is 35.5. The van der Waals surface area contributed by atoms with Crippen LogP contribution in [-0.2, 0) is 20.1 Å². The molecule has 0 radical (unpaired) electrons. The molecule has 94 valence electrons. The highest BCUT2D eigenvalue weighted by Crippen LogP contribution is 2.12. The Morgan fingerprint density at radius 3 is 2.71 bits per heavy atom. The molecule has 0 aromatic carbocycles. The molecule has 0 aliphatic rings. The van der Waals surface area contributed by atoms with E-state index in [0.29, 0.717) is 0 Å². The summed E-state index contributed by atoms with van der Waals surface area (Å²) in [5.74, 6) is 0.975. The van der Waals surface area contributed by atoms with E-state index in [1.807, 2.05) is 4.68 Å². The average Bonchev–Trinajstić information content (AvgIpc) is 2.82. The molecule has 2 heterocycles. The molecule has 0 aliphatic heterocycles. The van der Waals surface area contributed by atoms with Gasteiger partial charge in [-0.2, -0.15) is 5.10 Å². The molecule has 5 heteroatoms. The third kappa shape index (κ3) is 3.03. The highest BCUT2D eigenvalue weighted by molar-refractivity contribution is 5.85. The van der Waals surface area contributed by atoms with Gasteiger partial charge >= 0.3 is 0 Å². The smallest absolute Gasteiger partial charge is 0.151 e. The van der Waals surface area contributed by atoms with Crippen LogP contribution in [-0.4, -0.2) is 14.3 Å². The molecule has 2 aromatic rings. The van der Waals surface area contributed by atoms with Crippen molar-refractivity contribution in [1.29, 1.82) is 0 Å². The Morgan fingerprint density at radius 1 is 1.41 bits per heavy atom. The zero-order valence-electron chi connectivity index (χ0n) is 10.5. The van der Waals surface area contributed by atoms with Gasteiger partial charge in [-0.25, -0.2) is 0 Å². The molecule has 0 spiro atoms. The van der Waals surface area contributed by atoms with Crippen LogP contribution in [0.4, 0.5) is 5.82 Å². The fraction of sp³-hybridized carbons (Fsp3) is 0.417. The standard InChI is InChI=1S/C12H18N4.ClH/c1-4-16-9-10(2)12(14-16)13-8-11-6-5-7-15(11)3;/h5-7,9H,4,8H2,1-3H3,(H,13,14);1H. The van der Waals surface area contributed by atoms with E-state index in [4.69, 9.17) is 0 Å². The second-order valence-electron chi connectivity index (χ2n) is 3.98. The van der Waals surface area contributed by atoms with Crippen molar-refractivity contribution >= 4 is 18.2 Å². The Morgan fingerprint density at radius 2 is 2.18 bits per heavy atom. The largest absolute Gasteiger partial charge is 0.363 e. The second-order valence-corrected chi connectivity index (χ2v) is 3.98. The molecule has 4 nitrogen and oxygen atoms in total. The lowest BCUT2D eigenvalue weighted by molar-refractivity contribution is 0.660. The summed E-state index contributed by atoms with van der Waals surface area (Å²) in [5, 5.41) is 7.81. The Kier molecular flexibility index (Phi) is 4.63. The molecule has 2 rings (SSSR count). The molecule has 17 heavy (non-hydrogen) atoms. The molecule has 0 fully saturated rings. The summed E-state index contributed by atoms with van der Waals surface area (Å²) >= 11 is 0. The summed E-state index contributed by atoms with van der Waals surface area (Å²) in [6.45, 7) is 5.89. The van der Waals surface area contributed by atoms with E-state index in [0.717, 1.165) is 18.9 Å². The summed E-state index contributed by atoms with van der Waals surface area (Å²) in [7, 11) is 2.05. The zero-order valence-corrected chi connectivity index (χ0v) is 11.3. The molecular weight excluding hydrogens is 236 g/mol. The molecule has 0 aliphatic carbocycles. The molecule has 0 amide bonds. The maximum absolute atomic E-state index is 4.45.